The van der Waals surface area contributed by atoms with E-state index in [4.69, 9.17) is 11.2 Å². The summed E-state index contributed by atoms with van der Waals surface area (Å²) in [5.74, 6) is 3.00. The van der Waals surface area contributed by atoms with Crippen LogP contribution in [0.2, 0.25) is 0 Å². The molecule has 0 aliphatic rings. The smallest absolute Gasteiger partial charge is 0.339 e. The molecule has 0 aromatic heterocycles. The number of para-hydroxylation sites is 2. The molecule has 0 aliphatic carbocycles. The number of hydrogen-bond donors (Lipinski definition) is 2. The minimum absolute atomic E-state index is 0.173. The van der Waals surface area contributed by atoms with Gasteiger partial charge in [-0.1, -0.05) is 36.3 Å². The zero-order valence-corrected chi connectivity index (χ0v) is 11.8. The number of carbonyl (C=O) groups excluding carboxylic acids is 1. The molecule has 22 heavy (non-hydrogen) atoms. The van der Waals surface area contributed by atoms with Crippen LogP contribution in [0.5, 0.6) is 5.75 Å². The van der Waals surface area contributed by atoms with Gasteiger partial charge in [-0.25, -0.2) is 10.2 Å². The van der Waals surface area contributed by atoms with Crippen molar-refractivity contribution in [1.29, 1.82) is 0 Å². The number of terminal acetylenes is 1. The van der Waals surface area contributed by atoms with Crippen LogP contribution in [0.15, 0.2) is 59.7 Å². The first kappa shape index (κ1) is 15.1. The van der Waals surface area contributed by atoms with Crippen LogP contribution in [-0.4, -0.2) is 18.9 Å². The molecule has 0 unspecified atom stereocenters. The number of urea groups is 1. The first-order valence-corrected chi connectivity index (χ1v) is 6.60. The largest absolute Gasteiger partial charge is 0.480 e. The quantitative estimate of drug-likeness (QED) is 0.506. The van der Waals surface area contributed by atoms with Crippen molar-refractivity contribution in [2.24, 2.45) is 5.10 Å². The summed E-state index contributed by atoms with van der Waals surface area (Å²) in [5, 5.41) is 6.54. The summed E-state index contributed by atoms with van der Waals surface area (Å²) in [6, 6.07) is 15.9. The third-order valence-electron chi connectivity index (χ3n) is 2.63. The van der Waals surface area contributed by atoms with Crippen molar-refractivity contribution in [2.75, 3.05) is 11.9 Å². The second-order valence-electron chi connectivity index (χ2n) is 4.22. The molecule has 110 valence electrons. The number of hydrazone groups is 1. The highest BCUT2D eigenvalue weighted by Crippen LogP contribution is 2.15. The molecule has 2 amide bonds. The van der Waals surface area contributed by atoms with E-state index in [-0.39, 0.29) is 6.61 Å². The number of nitrogens with zero attached hydrogens (tertiary/aromatic N) is 1. The first-order valence-electron chi connectivity index (χ1n) is 6.60. The Bertz CT molecular complexity index is 691. The number of rotatable bonds is 5. The number of hydrogen-bond acceptors (Lipinski definition) is 3. The van der Waals surface area contributed by atoms with Crippen LogP contribution < -0.4 is 15.5 Å². The molecule has 0 aliphatic heterocycles. The van der Waals surface area contributed by atoms with Crippen LogP contribution in [-0.2, 0) is 0 Å². The lowest BCUT2D eigenvalue weighted by molar-refractivity contribution is 0.252. The Labute approximate surface area is 129 Å². The van der Waals surface area contributed by atoms with Crippen LogP contribution in [0.4, 0.5) is 10.5 Å². The lowest BCUT2D eigenvalue weighted by Crippen LogP contribution is -2.24. The van der Waals surface area contributed by atoms with E-state index in [0.717, 1.165) is 5.56 Å². The topological polar surface area (TPSA) is 62.7 Å². The predicted octanol–water partition coefficient (Wildman–Crippen LogP) is 2.85. The number of benzene rings is 2. The van der Waals surface area contributed by atoms with E-state index in [1.165, 1.54) is 6.21 Å². The average molecular weight is 293 g/mol. The van der Waals surface area contributed by atoms with E-state index in [1.807, 2.05) is 36.4 Å². The maximum absolute atomic E-state index is 11.7. The van der Waals surface area contributed by atoms with Crippen LogP contribution >= 0.6 is 0 Å². The fraction of sp³-hybridized carbons (Fsp3) is 0.0588. The third kappa shape index (κ3) is 4.69. The normalized spacial score (nSPS) is 9.95. The fourth-order valence-corrected chi connectivity index (χ4v) is 1.68. The highest BCUT2D eigenvalue weighted by Gasteiger charge is 2.01. The Morgan fingerprint density at radius 1 is 1.18 bits per heavy atom. The molecule has 0 heterocycles. The van der Waals surface area contributed by atoms with Gasteiger partial charge in [-0.05, 0) is 24.3 Å². The van der Waals surface area contributed by atoms with Crippen molar-refractivity contribution < 1.29 is 9.53 Å². The molecule has 0 atom stereocenters. The van der Waals surface area contributed by atoms with Gasteiger partial charge in [-0.3, -0.25) is 0 Å². The zero-order chi connectivity index (χ0) is 15.6. The zero-order valence-electron chi connectivity index (χ0n) is 11.8. The third-order valence-corrected chi connectivity index (χ3v) is 2.63. The standard InChI is InChI=1S/C17H15N3O2/c1-2-12-22-16-11-7-6-8-14(16)13-18-20-17(21)19-15-9-4-3-5-10-15/h1,3-11,13H,12H2,(H2,19,20,21)/b18-13+. The average Bonchev–Trinajstić information content (AvgIpc) is 2.55. The Morgan fingerprint density at radius 2 is 1.91 bits per heavy atom. The van der Waals surface area contributed by atoms with Crippen molar-refractivity contribution in [3.63, 3.8) is 0 Å². The van der Waals surface area contributed by atoms with Crippen molar-refractivity contribution in [2.45, 2.75) is 0 Å². The number of amides is 2. The van der Waals surface area contributed by atoms with Crippen molar-refractivity contribution in [1.82, 2.24) is 5.43 Å². The monoisotopic (exact) mass is 293 g/mol. The highest BCUT2D eigenvalue weighted by atomic mass is 16.5. The minimum atomic E-state index is -0.426. The van der Waals surface area contributed by atoms with Gasteiger partial charge in [0, 0.05) is 11.3 Å². The second-order valence-corrected chi connectivity index (χ2v) is 4.22. The molecule has 0 bridgehead atoms. The van der Waals surface area contributed by atoms with Gasteiger partial charge in [0.15, 0.2) is 0 Å². The van der Waals surface area contributed by atoms with E-state index >= 15 is 0 Å². The number of ether oxygens (including phenoxy) is 1. The second kappa shape index (κ2) is 8.12. The molecule has 0 spiro atoms. The Balaban J connectivity index is 1.92. The van der Waals surface area contributed by atoms with Crippen molar-refractivity contribution in [3.05, 3.63) is 60.2 Å². The van der Waals surface area contributed by atoms with Gasteiger partial charge < -0.3 is 10.1 Å². The maximum atomic E-state index is 11.7. The molecule has 0 radical (unpaired) electrons. The molecule has 5 heteroatoms. The van der Waals surface area contributed by atoms with Gasteiger partial charge in [0.25, 0.3) is 0 Å². The van der Waals surface area contributed by atoms with E-state index < -0.39 is 6.03 Å². The van der Waals surface area contributed by atoms with Gasteiger partial charge in [0.1, 0.15) is 12.4 Å². The van der Waals surface area contributed by atoms with E-state index in [2.05, 4.69) is 21.8 Å². The first-order chi connectivity index (χ1) is 10.8. The van der Waals surface area contributed by atoms with E-state index in [0.29, 0.717) is 11.4 Å². The summed E-state index contributed by atoms with van der Waals surface area (Å²) >= 11 is 0. The molecule has 0 saturated heterocycles. The number of anilines is 1. The lowest BCUT2D eigenvalue weighted by Gasteiger charge is -2.06. The molecule has 2 aromatic rings. The van der Waals surface area contributed by atoms with Crippen LogP contribution in [0.3, 0.4) is 0 Å². The summed E-state index contributed by atoms with van der Waals surface area (Å²) in [7, 11) is 0. The summed E-state index contributed by atoms with van der Waals surface area (Å²) in [6.07, 6.45) is 6.66. The highest BCUT2D eigenvalue weighted by molar-refractivity contribution is 5.90. The summed E-state index contributed by atoms with van der Waals surface area (Å²) in [5.41, 5.74) is 3.79. The van der Waals surface area contributed by atoms with Gasteiger partial charge in [-0.15, -0.1) is 6.42 Å². The Kier molecular flexibility index (Phi) is 5.59. The molecular weight excluding hydrogens is 278 g/mol. The predicted molar refractivity (Wildman–Crippen MR) is 87.0 cm³/mol. The van der Waals surface area contributed by atoms with Gasteiger partial charge in [0.2, 0.25) is 0 Å². The van der Waals surface area contributed by atoms with Gasteiger partial charge in [-0.2, -0.15) is 5.10 Å². The summed E-state index contributed by atoms with van der Waals surface area (Å²) in [4.78, 5) is 11.7. The summed E-state index contributed by atoms with van der Waals surface area (Å²) in [6.45, 7) is 0.173. The fourth-order valence-electron chi connectivity index (χ4n) is 1.68. The number of carbonyl (C=O) groups is 1. The molecule has 2 N–H and O–H groups in total. The minimum Gasteiger partial charge on any atom is -0.480 e. The SMILES string of the molecule is C#CCOc1ccccc1/C=N/NC(=O)Nc1ccccc1. The lowest BCUT2D eigenvalue weighted by atomic mass is 10.2. The molecule has 0 saturated carbocycles. The van der Waals surface area contributed by atoms with Crippen LogP contribution in [0.25, 0.3) is 0 Å². The van der Waals surface area contributed by atoms with Crippen LogP contribution in [0.1, 0.15) is 5.56 Å². The van der Waals surface area contributed by atoms with Crippen molar-refractivity contribution in [3.8, 4) is 18.1 Å². The molecule has 5 nitrogen and oxygen atoms in total. The Hall–Kier alpha value is -3.26. The van der Waals surface area contributed by atoms with Gasteiger partial charge in [0.05, 0.1) is 6.21 Å². The molecule has 0 fully saturated rings. The van der Waals surface area contributed by atoms with Gasteiger partial charge >= 0.3 is 6.03 Å². The number of nitrogens with one attached hydrogen (secondary N) is 2. The van der Waals surface area contributed by atoms with Crippen LogP contribution in [0, 0.1) is 12.3 Å². The summed E-state index contributed by atoms with van der Waals surface area (Å²) < 4.78 is 5.38. The Morgan fingerprint density at radius 3 is 2.68 bits per heavy atom. The molecule has 2 rings (SSSR count). The maximum Gasteiger partial charge on any atom is 0.339 e. The van der Waals surface area contributed by atoms with Crippen molar-refractivity contribution >= 4 is 17.9 Å². The molecular formula is C17H15N3O2. The molecule has 2 aromatic carbocycles. The van der Waals surface area contributed by atoms with E-state index in [1.54, 1.807) is 18.2 Å². The van der Waals surface area contributed by atoms with E-state index in [9.17, 15) is 4.79 Å².